The molecular formula is C8H8N2O2S. The van der Waals surface area contributed by atoms with Gasteiger partial charge in [0.2, 0.25) is 0 Å². The molecule has 2 rings (SSSR count). The highest BCUT2D eigenvalue weighted by atomic mass is 32.1. The molecule has 0 radical (unpaired) electrons. The minimum Gasteiger partial charge on any atom is -0.469 e. The summed E-state index contributed by atoms with van der Waals surface area (Å²) in [6, 6.07) is 3.62. The monoisotopic (exact) mass is 196 g/mol. The fraction of sp³-hybridized carbons (Fsp3) is 0.250. The van der Waals surface area contributed by atoms with Gasteiger partial charge < -0.3 is 9.52 Å². The number of hydrogen-bond donors (Lipinski definition) is 1. The average molecular weight is 196 g/mol. The van der Waals surface area contributed by atoms with E-state index >= 15 is 0 Å². The summed E-state index contributed by atoms with van der Waals surface area (Å²) in [5.74, 6) is 0.750. The number of nitrogens with zero attached hydrogens (tertiary/aromatic N) is 2. The van der Waals surface area contributed by atoms with Gasteiger partial charge in [0.25, 0.3) is 0 Å². The summed E-state index contributed by atoms with van der Waals surface area (Å²) in [6.07, 6.45) is 2.97. The zero-order valence-corrected chi connectivity index (χ0v) is 7.57. The van der Waals surface area contributed by atoms with E-state index in [2.05, 4.69) is 8.75 Å². The maximum absolute atomic E-state index is 9.63. The third-order valence-corrected chi connectivity index (χ3v) is 2.19. The highest BCUT2D eigenvalue weighted by Gasteiger charge is 2.12. The first-order chi connectivity index (χ1) is 6.36. The summed E-state index contributed by atoms with van der Waals surface area (Å²) in [4.78, 5) is 0. The van der Waals surface area contributed by atoms with E-state index in [0.29, 0.717) is 12.1 Å². The van der Waals surface area contributed by atoms with E-state index < -0.39 is 6.10 Å². The molecular weight excluding hydrogens is 188 g/mol. The van der Waals surface area contributed by atoms with Gasteiger partial charge in [0.15, 0.2) is 0 Å². The first-order valence-corrected chi connectivity index (χ1v) is 4.57. The van der Waals surface area contributed by atoms with E-state index in [4.69, 9.17) is 4.42 Å². The molecule has 0 fully saturated rings. The highest BCUT2D eigenvalue weighted by Crippen LogP contribution is 2.16. The van der Waals surface area contributed by atoms with Crippen molar-refractivity contribution in [2.24, 2.45) is 0 Å². The molecule has 0 amide bonds. The summed E-state index contributed by atoms with van der Waals surface area (Å²) in [6.45, 7) is 0. The Hall–Kier alpha value is -1.20. The zero-order chi connectivity index (χ0) is 9.10. The standard InChI is InChI=1S/C8H8N2O2S/c11-8(7-5-9-13-10-7)4-6-2-1-3-12-6/h1-3,5,8,11H,4H2. The number of aromatic nitrogens is 2. The van der Waals surface area contributed by atoms with Crippen LogP contribution in [-0.2, 0) is 6.42 Å². The van der Waals surface area contributed by atoms with Crippen molar-refractivity contribution in [3.8, 4) is 0 Å². The molecule has 5 heteroatoms. The number of hydrogen-bond acceptors (Lipinski definition) is 5. The molecule has 0 aliphatic rings. The Kier molecular flexibility index (Phi) is 2.37. The van der Waals surface area contributed by atoms with Crippen molar-refractivity contribution in [2.45, 2.75) is 12.5 Å². The Labute approximate surface area is 79.2 Å². The Bertz CT molecular complexity index is 344. The van der Waals surface area contributed by atoms with Crippen LogP contribution in [0.3, 0.4) is 0 Å². The van der Waals surface area contributed by atoms with Crippen molar-refractivity contribution in [3.63, 3.8) is 0 Å². The third-order valence-electron chi connectivity index (χ3n) is 1.69. The van der Waals surface area contributed by atoms with E-state index in [1.807, 2.05) is 6.07 Å². The summed E-state index contributed by atoms with van der Waals surface area (Å²) >= 11 is 1.09. The highest BCUT2D eigenvalue weighted by molar-refractivity contribution is 6.99. The molecule has 0 aliphatic carbocycles. The minimum absolute atomic E-state index is 0.443. The second-order valence-electron chi connectivity index (χ2n) is 2.63. The normalized spacial score (nSPS) is 13.0. The first-order valence-electron chi connectivity index (χ1n) is 3.84. The van der Waals surface area contributed by atoms with Crippen molar-refractivity contribution in [1.82, 2.24) is 8.75 Å². The van der Waals surface area contributed by atoms with Crippen LogP contribution >= 0.6 is 11.7 Å². The Balaban J connectivity index is 2.04. The van der Waals surface area contributed by atoms with Crippen molar-refractivity contribution in [3.05, 3.63) is 36.0 Å². The SMILES string of the molecule is OC(Cc1ccco1)c1cnsn1. The van der Waals surface area contributed by atoms with Crippen molar-refractivity contribution in [2.75, 3.05) is 0 Å². The molecule has 4 nitrogen and oxygen atoms in total. The lowest BCUT2D eigenvalue weighted by Crippen LogP contribution is -2.00. The van der Waals surface area contributed by atoms with Crippen molar-refractivity contribution >= 4 is 11.7 Å². The van der Waals surface area contributed by atoms with Crippen LogP contribution in [0.15, 0.2) is 29.0 Å². The van der Waals surface area contributed by atoms with Gasteiger partial charge in [-0.2, -0.15) is 8.75 Å². The lowest BCUT2D eigenvalue weighted by molar-refractivity contribution is 0.167. The summed E-state index contributed by atoms with van der Waals surface area (Å²) in [5.41, 5.74) is 0.599. The van der Waals surface area contributed by atoms with Crippen LogP contribution in [0.4, 0.5) is 0 Å². The number of furan rings is 1. The van der Waals surface area contributed by atoms with Crippen LogP contribution in [0, 0.1) is 0 Å². The maximum atomic E-state index is 9.63. The zero-order valence-electron chi connectivity index (χ0n) is 6.75. The molecule has 2 heterocycles. The summed E-state index contributed by atoms with van der Waals surface area (Å²) in [5, 5.41) is 9.63. The van der Waals surface area contributed by atoms with Crippen LogP contribution in [0.5, 0.6) is 0 Å². The van der Waals surface area contributed by atoms with E-state index in [1.54, 1.807) is 18.5 Å². The molecule has 68 valence electrons. The van der Waals surface area contributed by atoms with Gasteiger partial charge in [-0.25, -0.2) is 0 Å². The van der Waals surface area contributed by atoms with Gasteiger partial charge in [0, 0.05) is 6.42 Å². The van der Waals surface area contributed by atoms with Gasteiger partial charge in [0.1, 0.15) is 17.6 Å². The van der Waals surface area contributed by atoms with Crippen LogP contribution in [0.2, 0.25) is 0 Å². The van der Waals surface area contributed by atoms with Crippen molar-refractivity contribution in [1.29, 1.82) is 0 Å². The molecule has 0 aliphatic heterocycles. The summed E-state index contributed by atoms with van der Waals surface area (Å²) in [7, 11) is 0. The quantitative estimate of drug-likeness (QED) is 0.806. The predicted octanol–water partition coefficient (Wildman–Crippen LogP) is 1.41. The van der Waals surface area contributed by atoms with Crippen LogP contribution in [-0.4, -0.2) is 13.9 Å². The second-order valence-corrected chi connectivity index (χ2v) is 3.19. The average Bonchev–Trinajstić information content (AvgIpc) is 2.74. The fourth-order valence-corrected chi connectivity index (χ4v) is 1.51. The van der Waals surface area contributed by atoms with Gasteiger partial charge in [-0.1, -0.05) is 0 Å². The lowest BCUT2D eigenvalue weighted by Gasteiger charge is -2.03. The molecule has 0 saturated carbocycles. The summed E-state index contributed by atoms with van der Waals surface area (Å²) < 4.78 is 12.8. The molecule has 0 aromatic carbocycles. The molecule has 0 saturated heterocycles. The minimum atomic E-state index is -0.620. The number of aliphatic hydroxyl groups is 1. The maximum Gasteiger partial charge on any atom is 0.106 e. The van der Waals surface area contributed by atoms with Gasteiger partial charge in [0.05, 0.1) is 24.2 Å². The van der Waals surface area contributed by atoms with Gasteiger partial charge in [-0.05, 0) is 12.1 Å². The van der Waals surface area contributed by atoms with E-state index in [1.165, 1.54) is 0 Å². The van der Waals surface area contributed by atoms with E-state index in [0.717, 1.165) is 17.5 Å². The Morgan fingerprint density at radius 2 is 2.54 bits per heavy atom. The Morgan fingerprint density at radius 1 is 1.62 bits per heavy atom. The Morgan fingerprint density at radius 3 is 3.15 bits per heavy atom. The smallest absolute Gasteiger partial charge is 0.106 e. The molecule has 13 heavy (non-hydrogen) atoms. The van der Waals surface area contributed by atoms with E-state index in [-0.39, 0.29) is 0 Å². The predicted molar refractivity (Wildman–Crippen MR) is 47.3 cm³/mol. The number of aliphatic hydroxyl groups excluding tert-OH is 1. The molecule has 1 unspecified atom stereocenters. The molecule has 2 aromatic rings. The molecule has 1 atom stereocenters. The molecule has 2 aromatic heterocycles. The van der Waals surface area contributed by atoms with Crippen LogP contribution < -0.4 is 0 Å². The van der Waals surface area contributed by atoms with E-state index in [9.17, 15) is 5.11 Å². The second kappa shape index (κ2) is 3.68. The molecule has 0 bridgehead atoms. The van der Waals surface area contributed by atoms with Crippen molar-refractivity contribution < 1.29 is 9.52 Å². The first kappa shape index (κ1) is 8.40. The molecule has 0 spiro atoms. The fourth-order valence-electron chi connectivity index (χ4n) is 1.04. The lowest BCUT2D eigenvalue weighted by atomic mass is 10.2. The van der Waals surface area contributed by atoms with Gasteiger partial charge >= 0.3 is 0 Å². The van der Waals surface area contributed by atoms with Crippen LogP contribution in [0.1, 0.15) is 17.6 Å². The number of rotatable bonds is 3. The van der Waals surface area contributed by atoms with Gasteiger partial charge in [-0.15, -0.1) is 0 Å². The van der Waals surface area contributed by atoms with Gasteiger partial charge in [-0.3, -0.25) is 0 Å². The van der Waals surface area contributed by atoms with Crippen LogP contribution in [0.25, 0.3) is 0 Å². The third kappa shape index (κ3) is 1.93. The topological polar surface area (TPSA) is 59.2 Å². The largest absolute Gasteiger partial charge is 0.469 e. The molecule has 1 N–H and O–H groups in total.